The van der Waals surface area contributed by atoms with Crippen LogP contribution in [0.25, 0.3) is 0 Å². The lowest BCUT2D eigenvalue weighted by molar-refractivity contribution is -0.124. The van der Waals surface area contributed by atoms with Crippen LogP contribution in [-0.2, 0) is 28.0 Å². The Hall–Kier alpha value is -3.34. The van der Waals surface area contributed by atoms with Crippen molar-refractivity contribution < 1.29 is 14.0 Å². The van der Waals surface area contributed by atoms with Crippen molar-refractivity contribution in [2.75, 3.05) is 11.9 Å². The maximum absolute atomic E-state index is 13.4. The Labute approximate surface area is 170 Å². The van der Waals surface area contributed by atoms with E-state index in [0.717, 1.165) is 22.4 Å². The average molecular weight is 388 g/mol. The zero-order valence-corrected chi connectivity index (χ0v) is 16.4. The molecule has 5 nitrogen and oxygen atoms in total. The van der Waals surface area contributed by atoms with E-state index >= 15 is 0 Å². The van der Waals surface area contributed by atoms with Crippen molar-refractivity contribution in [3.63, 3.8) is 0 Å². The summed E-state index contributed by atoms with van der Waals surface area (Å²) in [4.78, 5) is 27.7. The summed E-state index contributed by atoms with van der Waals surface area (Å²) in [5, 5.41) is 2.92. The number of rotatable bonds is 7. The Kier molecular flexibility index (Phi) is 5.21. The van der Waals surface area contributed by atoms with Crippen LogP contribution >= 0.6 is 0 Å². The molecule has 0 bridgehead atoms. The maximum Gasteiger partial charge on any atom is 0.237 e. The van der Waals surface area contributed by atoms with Gasteiger partial charge in [0, 0.05) is 31.3 Å². The van der Waals surface area contributed by atoms with Gasteiger partial charge in [0.25, 0.3) is 0 Å². The molecule has 1 aromatic heterocycles. The molecule has 0 spiro atoms. The van der Waals surface area contributed by atoms with E-state index in [1.54, 1.807) is 17.4 Å². The Morgan fingerprint density at radius 3 is 2.55 bits per heavy atom. The first-order valence-corrected chi connectivity index (χ1v) is 9.79. The van der Waals surface area contributed by atoms with Crippen LogP contribution in [0.3, 0.4) is 0 Å². The fraction of sp³-hybridized carbons (Fsp3) is 0.250. The van der Waals surface area contributed by atoms with Crippen molar-refractivity contribution >= 4 is 17.5 Å². The standard InChI is InChI=1S/C24H24N2O3/c1-26-21-10-6-5-9-20(21)24(23(26)28,15-18-7-3-2-4-8-18)13-11-22(27)25-16-19-12-14-29-17-19/h2-10,12,14,17H,11,13,15-16H2,1H3,(H,25,27). The number of fused-ring (bicyclic) bond motifs is 1. The van der Waals surface area contributed by atoms with Crippen LogP contribution in [0, 0.1) is 0 Å². The van der Waals surface area contributed by atoms with Gasteiger partial charge in [-0.3, -0.25) is 9.59 Å². The lowest BCUT2D eigenvalue weighted by Gasteiger charge is -2.28. The van der Waals surface area contributed by atoms with Crippen molar-refractivity contribution in [3.05, 3.63) is 89.9 Å². The highest BCUT2D eigenvalue weighted by atomic mass is 16.3. The summed E-state index contributed by atoms with van der Waals surface area (Å²) in [6.45, 7) is 0.422. The van der Waals surface area contributed by atoms with E-state index in [1.165, 1.54) is 0 Å². The van der Waals surface area contributed by atoms with Gasteiger partial charge in [-0.25, -0.2) is 0 Å². The molecule has 0 saturated carbocycles. The Bertz CT molecular complexity index is 998. The van der Waals surface area contributed by atoms with Gasteiger partial charge in [-0.15, -0.1) is 0 Å². The number of amides is 2. The quantitative estimate of drug-likeness (QED) is 0.669. The summed E-state index contributed by atoms with van der Waals surface area (Å²) >= 11 is 0. The normalized spacial score (nSPS) is 18.0. The molecule has 1 atom stereocenters. The molecule has 2 amide bonds. The zero-order chi connectivity index (χ0) is 20.3. The van der Waals surface area contributed by atoms with Crippen molar-refractivity contribution in [3.8, 4) is 0 Å². The van der Waals surface area contributed by atoms with Crippen LogP contribution < -0.4 is 10.2 Å². The van der Waals surface area contributed by atoms with E-state index in [-0.39, 0.29) is 18.2 Å². The number of hydrogen-bond acceptors (Lipinski definition) is 3. The maximum atomic E-state index is 13.4. The summed E-state index contributed by atoms with van der Waals surface area (Å²) < 4.78 is 5.03. The highest BCUT2D eigenvalue weighted by Gasteiger charge is 2.49. The molecule has 0 fully saturated rings. The molecule has 2 aromatic carbocycles. The molecule has 0 radical (unpaired) electrons. The van der Waals surface area contributed by atoms with E-state index in [2.05, 4.69) is 5.32 Å². The summed E-state index contributed by atoms with van der Waals surface area (Å²) in [7, 11) is 1.81. The number of carbonyl (C=O) groups is 2. The minimum absolute atomic E-state index is 0.0465. The summed E-state index contributed by atoms with van der Waals surface area (Å²) in [5.41, 5.74) is 3.19. The predicted octanol–water partition coefficient (Wildman–Crippen LogP) is 3.83. The highest BCUT2D eigenvalue weighted by molar-refractivity contribution is 6.08. The number of anilines is 1. The first kappa shape index (κ1) is 19.0. The number of nitrogens with one attached hydrogen (secondary N) is 1. The molecule has 1 N–H and O–H groups in total. The second-order valence-corrected chi connectivity index (χ2v) is 7.53. The first-order valence-electron chi connectivity index (χ1n) is 9.79. The van der Waals surface area contributed by atoms with Crippen molar-refractivity contribution in [2.24, 2.45) is 0 Å². The highest BCUT2D eigenvalue weighted by Crippen LogP contribution is 2.46. The molecule has 148 valence electrons. The lowest BCUT2D eigenvalue weighted by Crippen LogP contribution is -2.41. The van der Waals surface area contributed by atoms with E-state index in [1.807, 2.05) is 67.7 Å². The smallest absolute Gasteiger partial charge is 0.237 e. The Balaban J connectivity index is 1.58. The van der Waals surface area contributed by atoms with Crippen LogP contribution in [0.5, 0.6) is 0 Å². The minimum atomic E-state index is -0.736. The number of benzene rings is 2. The second kappa shape index (κ2) is 7.95. The number of furan rings is 1. The molecule has 2 heterocycles. The van der Waals surface area contributed by atoms with Gasteiger partial charge in [-0.2, -0.15) is 0 Å². The lowest BCUT2D eigenvalue weighted by atomic mass is 9.73. The van der Waals surface area contributed by atoms with Crippen LogP contribution in [0.4, 0.5) is 5.69 Å². The van der Waals surface area contributed by atoms with Gasteiger partial charge < -0.3 is 14.6 Å². The van der Waals surface area contributed by atoms with Gasteiger partial charge >= 0.3 is 0 Å². The van der Waals surface area contributed by atoms with Gasteiger partial charge in [-0.1, -0.05) is 48.5 Å². The number of hydrogen-bond donors (Lipinski definition) is 1. The number of likely N-dealkylation sites (N-methyl/N-ethyl adjacent to an activating group) is 1. The molecule has 5 heteroatoms. The molecule has 0 saturated heterocycles. The van der Waals surface area contributed by atoms with Crippen LogP contribution in [-0.4, -0.2) is 18.9 Å². The second-order valence-electron chi connectivity index (χ2n) is 7.53. The number of nitrogens with zero attached hydrogens (tertiary/aromatic N) is 1. The summed E-state index contributed by atoms with van der Waals surface area (Å²) in [6, 6.07) is 19.7. The third kappa shape index (κ3) is 3.68. The Morgan fingerprint density at radius 2 is 1.79 bits per heavy atom. The largest absolute Gasteiger partial charge is 0.472 e. The van der Waals surface area contributed by atoms with E-state index < -0.39 is 5.41 Å². The fourth-order valence-electron chi connectivity index (χ4n) is 4.17. The molecular formula is C24H24N2O3. The number of carbonyl (C=O) groups excluding carboxylic acids is 2. The van der Waals surface area contributed by atoms with E-state index in [0.29, 0.717) is 19.4 Å². The molecular weight excluding hydrogens is 364 g/mol. The third-order valence-electron chi connectivity index (χ3n) is 5.69. The molecule has 1 aliphatic rings. The molecule has 4 rings (SSSR count). The van der Waals surface area contributed by atoms with Gasteiger partial charge in [-0.05, 0) is 36.1 Å². The topological polar surface area (TPSA) is 62.6 Å². The molecule has 0 aliphatic carbocycles. The van der Waals surface area contributed by atoms with Gasteiger partial charge in [0.05, 0.1) is 17.9 Å². The monoisotopic (exact) mass is 388 g/mol. The van der Waals surface area contributed by atoms with Crippen LogP contribution in [0.1, 0.15) is 29.5 Å². The summed E-state index contributed by atoms with van der Waals surface area (Å²) in [5.74, 6) is -0.0244. The summed E-state index contributed by atoms with van der Waals surface area (Å²) in [6.07, 6.45) is 4.50. The molecule has 3 aromatic rings. The van der Waals surface area contributed by atoms with Gasteiger partial charge in [0.1, 0.15) is 0 Å². The van der Waals surface area contributed by atoms with Crippen molar-refractivity contribution in [1.29, 1.82) is 0 Å². The minimum Gasteiger partial charge on any atom is -0.472 e. The Morgan fingerprint density at radius 1 is 1.03 bits per heavy atom. The third-order valence-corrected chi connectivity index (χ3v) is 5.69. The van der Waals surface area contributed by atoms with Gasteiger partial charge in [0.2, 0.25) is 11.8 Å². The van der Waals surface area contributed by atoms with E-state index in [9.17, 15) is 9.59 Å². The van der Waals surface area contributed by atoms with Gasteiger partial charge in [0.15, 0.2) is 0 Å². The molecule has 1 aliphatic heterocycles. The SMILES string of the molecule is CN1C(=O)C(CCC(=O)NCc2ccoc2)(Cc2ccccc2)c2ccccc21. The van der Waals surface area contributed by atoms with Crippen molar-refractivity contribution in [2.45, 2.75) is 31.2 Å². The van der Waals surface area contributed by atoms with Crippen molar-refractivity contribution in [1.82, 2.24) is 5.32 Å². The zero-order valence-electron chi connectivity index (χ0n) is 16.4. The fourth-order valence-corrected chi connectivity index (χ4v) is 4.17. The molecule has 1 unspecified atom stereocenters. The predicted molar refractivity (Wildman–Crippen MR) is 111 cm³/mol. The first-order chi connectivity index (χ1) is 14.1. The number of para-hydroxylation sites is 1. The van der Waals surface area contributed by atoms with Crippen LogP contribution in [0.15, 0.2) is 77.6 Å². The average Bonchev–Trinajstić information content (AvgIpc) is 3.34. The van der Waals surface area contributed by atoms with Crippen LogP contribution in [0.2, 0.25) is 0 Å². The molecule has 29 heavy (non-hydrogen) atoms. The van der Waals surface area contributed by atoms with E-state index in [4.69, 9.17) is 4.42 Å².